The highest BCUT2D eigenvalue weighted by Crippen LogP contribution is 2.29. The number of fused-ring (bicyclic) bond motifs is 2. The highest BCUT2D eigenvalue weighted by atomic mass is 16.5. The van der Waals surface area contributed by atoms with Crippen LogP contribution in [0.1, 0.15) is 41.7 Å². The molecule has 3 heterocycles. The fourth-order valence-corrected chi connectivity index (χ4v) is 3.79. The molecule has 2 atom stereocenters. The molecule has 7 nitrogen and oxygen atoms in total. The minimum Gasteiger partial charge on any atom is -0.374 e. The number of aromatic nitrogens is 3. The molecule has 1 amide bonds. The first-order valence-corrected chi connectivity index (χ1v) is 8.15. The van der Waals surface area contributed by atoms with E-state index in [1.807, 2.05) is 11.8 Å². The van der Waals surface area contributed by atoms with Crippen molar-refractivity contribution in [2.24, 2.45) is 0 Å². The van der Waals surface area contributed by atoms with E-state index in [1.165, 1.54) is 12.5 Å². The van der Waals surface area contributed by atoms with Crippen LogP contribution in [0.4, 0.5) is 0 Å². The van der Waals surface area contributed by atoms with E-state index in [0.717, 1.165) is 19.3 Å². The van der Waals surface area contributed by atoms with Gasteiger partial charge in [0.15, 0.2) is 5.65 Å². The standard InChI is InChI=1S/C16H20N4O3/c1-10-11(9-17-14-8-15(21)18-20(10)14)16(22)19-6-7-23-13-5-3-2-4-12(13)19/h8-9,12-13H,2-7H2,1H3,(H,18,21)/t12-,13-/m1/s1. The second-order valence-corrected chi connectivity index (χ2v) is 6.33. The van der Waals surface area contributed by atoms with Crippen LogP contribution in [0.5, 0.6) is 0 Å². The number of amides is 1. The molecule has 2 fully saturated rings. The Morgan fingerprint density at radius 2 is 2.22 bits per heavy atom. The van der Waals surface area contributed by atoms with Crippen LogP contribution in [0.15, 0.2) is 17.1 Å². The summed E-state index contributed by atoms with van der Waals surface area (Å²) in [6, 6.07) is 1.58. The zero-order valence-corrected chi connectivity index (χ0v) is 13.1. The summed E-state index contributed by atoms with van der Waals surface area (Å²) in [5, 5.41) is 2.68. The number of aromatic amines is 1. The Bertz CT molecular complexity index is 807. The summed E-state index contributed by atoms with van der Waals surface area (Å²) in [5.41, 5.74) is 1.56. The summed E-state index contributed by atoms with van der Waals surface area (Å²) < 4.78 is 7.42. The molecule has 2 aromatic heterocycles. The van der Waals surface area contributed by atoms with Gasteiger partial charge in [-0.25, -0.2) is 9.50 Å². The van der Waals surface area contributed by atoms with E-state index >= 15 is 0 Å². The minimum atomic E-state index is -0.219. The molecule has 0 unspecified atom stereocenters. The van der Waals surface area contributed by atoms with E-state index in [1.54, 1.807) is 10.7 Å². The smallest absolute Gasteiger partial charge is 0.266 e. The molecule has 4 rings (SSSR count). The Labute approximate surface area is 133 Å². The fraction of sp³-hybridized carbons (Fsp3) is 0.562. The first kappa shape index (κ1) is 14.4. The Kier molecular flexibility index (Phi) is 3.45. The first-order valence-electron chi connectivity index (χ1n) is 8.15. The van der Waals surface area contributed by atoms with Crippen LogP contribution in [0, 0.1) is 6.92 Å². The SMILES string of the molecule is Cc1c(C(=O)N2CCO[C@@H]3CCCC[C@H]32)cnc2cc(=O)[nH]n12. The predicted molar refractivity (Wildman–Crippen MR) is 83.6 cm³/mol. The number of rotatable bonds is 1. The number of morpholine rings is 1. The monoisotopic (exact) mass is 316 g/mol. The van der Waals surface area contributed by atoms with Crippen molar-refractivity contribution in [3.63, 3.8) is 0 Å². The zero-order valence-electron chi connectivity index (χ0n) is 13.1. The second kappa shape index (κ2) is 5.49. The molecule has 1 saturated carbocycles. The van der Waals surface area contributed by atoms with E-state index in [2.05, 4.69) is 10.1 Å². The van der Waals surface area contributed by atoms with Gasteiger partial charge in [-0.2, -0.15) is 0 Å². The molecule has 122 valence electrons. The van der Waals surface area contributed by atoms with Gasteiger partial charge in [-0.05, 0) is 19.8 Å². The second-order valence-electron chi connectivity index (χ2n) is 6.33. The van der Waals surface area contributed by atoms with Crippen LogP contribution in [-0.2, 0) is 4.74 Å². The molecule has 1 aliphatic carbocycles. The quantitative estimate of drug-likeness (QED) is 0.855. The van der Waals surface area contributed by atoms with Crippen LogP contribution in [0.2, 0.25) is 0 Å². The molecule has 1 aliphatic heterocycles. The summed E-state index contributed by atoms with van der Waals surface area (Å²) in [6.45, 7) is 3.03. The topological polar surface area (TPSA) is 79.7 Å². The van der Waals surface area contributed by atoms with Crippen molar-refractivity contribution in [3.8, 4) is 0 Å². The molecule has 0 bridgehead atoms. The molecule has 1 N–H and O–H groups in total. The maximum Gasteiger partial charge on any atom is 0.266 e. The van der Waals surface area contributed by atoms with Crippen molar-refractivity contribution in [2.75, 3.05) is 13.2 Å². The molecule has 2 aliphatic rings. The van der Waals surface area contributed by atoms with Crippen molar-refractivity contribution >= 4 is 11.6 Å². The van der Waals surface area contributed by atoms with Gasteiger partial charge in [0.2, 0.25) is 0 Å². The van der Waals surface area contributed by atoms with Crippen LogP contribution in [0.25, 0.3) is 5.65 Å². The summed E-state index contributed by atoms with van der Waals surface area (Å²) in [4.78, 5) is 30.7. The number of hydrogen-bond acceptors (Lipinski definition) is 4. The van der Waals surface area contributed by atoms with Gasteiger partial charge in [-0.15, -0.1) is 0 Å². The van der Waals surface area contributed by atoms with E-state index in [-0.39, 0.29) is 23.6 Å². The van der Waals surface area contributed by atoms with Crippen molar-refractivity contribution < 1.29 is 9.53 Å². The average molecular weight is 316 g/mol. The van der Waals surface area contributed by atoms with Gasteiger partial charge in [0.1, 0.15) is 0 Å². The number of nitrogens with one attached hydrogen (secondary N) is 1. The molecule has 0 radical (unpaired) electrons. The number of aryl methyl sites for hydroxylation is 1. The molecule has 7 heteroatoms. The third-order valence-electron chi connectivity index (χ3n) is 4.99. The van der Waals surface area contributed by atoms with Crippen LogP contribution >= 0.6 is 0 Å². The highest BCUT2D eigenvalue weighted by Gasteiger charge is 2.37. The molecule has 23 heavy (non-hydrogen) atoms. The maximum absolute atomic E-state index is 13.1. The van der Waals surface area contributed by atoms with Gasteiger partial charge in [0.25, 0.3) is 11.5 Å². The van der Waals surface area contributed by atoms with Gasteiger partial charge in [0.05, 0.1) is 30.0 Å². The van der Waals surface area contributed by atoms with Gasteiger partial charge in [-0.3, -0.25) is 14.7 Å². The fourth-order valence-electron chi connectivity index (χ4n) is 3.79. The summed E-state index contributed by atoms with van der Waals surface area (Å²) >= 11 is 0. The average Bonchev–Trinajstić information content (AvgIpc) is 2.95. The first-order chi connectivity index (χ1) is 11.1. The lowest BCUT2D eigenvalue weighted by molar-refractivity contribution is -0.0753. The Morgan fingerprint density at radius 3 is 3.09 bits per heavy atom. The lowest BCUT2D eigenvalue weighted by atomic mass is 9.89. The summed E-state index contributed by atoms with van der Waals surface area (Å²) in [5.74, 6) is -0.0216. The van der Waals surface area contributed by atoms with Crippen LogP contribution in [-0.4, -0.2) is 50.7 Å². The normalized spacial score (nSPS) is 24.7. The minimum absolute atomic E-state index is 0.0216. The van der Waals surface area contributed by atoms with Crippen molar-refractivity contribution in [2.45, 2.75) is 44.8 Å². The molecule has 0 aromatic carbocycles. The number of ether oxygens (including phenoxy) is 1. The third-order valence-corrected chi connectivity index (χ3v) is 4.99. The van der Waals surface area contributed by atoms with Crippen molar-refractivity contribution in [3.05, 3.63) is 33.9 Å². The van der Waals surface area contributed by atoms with Gasteiger partial charge in [-0.1, -0.05) is 12.8 Å². The molecule has 2 aromatic rings. The van der Waals surface area contributed by atoms with E-state index in [0.29, 0.717) is 30.1 Å². The Morgan fingerprint density at radius 1 is 1.39 bits per heavy atom. The molecular formula is C16H20N4O3. The summed E-state index contributed by atoms with van der Waals surface area (Å²) in [6.07, 6.45) is 6.05. The zero-order chi connectivity index (χ0) is 16.0. The number of hydrogen-bond donors (Lipinski definition) is 1. The van der Waals surface area contributed by atoms with E-state index in [9.17, 15) is 9.59 Å². The van der Waals surface area contributed by atoms with E-state index < -0.39 is 0 Å². The molecule has 1 saturated heterocycles. The Balaban J connectivity index is 1.70. The van der Waals surface area contributed by atoms with Gasteiger partial charge >= 0.3 is 0 Å². The predicted octanol–water partition coefficient (Wildman–Crippen LogP) is 1.11. The largest absolute Gasteiger partial charge is 0.374 e. The van der Waals surface area contributed by atoms with Crippen molar-refractivity contribution in [1.29, 1.82) is 0 Å². The lowest BCUT2D eigenvalue weighted by Crippen LogP contribution is -2.55. The Hall–Kier alpha value is -2.15. The number of H-pyrrole nitrogens is 1. The highest BCUT2D eigenvalue weighted by molar-refractivity contribution is 5.95. The number of nitrogens with zero attached hydrogens (tertiary/aromatic N) is 3. The lowest BCUT2D eigenvalue weighted by Gasteiger charge is -2.43. The van der Waals surface area contributed by atoms with Gasteiger partial charge in [0, 0.05) is 18.8 Å². The number of carbonyl (C=O) groups is 1. The molecular weight excluding hydrogens is 296 g/mol. The molecule has 0 spiro atoms. The number of carbonyl (C=O) groups excluding carboxylic acids is 1. The maximum atomic E-state index is 13.1. The van der Waals surface area contributed by atoms with Crippen LogP contribution in [0.3, 0.4) is 0 Å². The van der Waals surface area contributed by atoms with Gasteiger partial charge < -0.3 is 9.64 Å². The van der Waals surface area contributed by atoms with Crippen LogP contribution < -0.4 is 5.56 Å². The van der Waals surface area contributed by atoms with Crippen molar-refractivity contribution in [1.82, 2.24) is 19.5 Å². The summed E-state index contributed by atoms with van der Waals surface area (Å²) in [7, 11) is 0. The third kappa shape index (κ3) is 2.35. The van der Waals surface area contributed by atoms with E-state index in [4.69, 9.17) is 4.74 Å².